The lowest BCUT2D eigenvalue weighted by Crippen LogP contribution is -2.40. The summed E-state index contributed by atoms with van der Waals surface area (Å²) < 4.78 is 1.07. The number of benzene rings is 4. The highest BCUT2D eigenvalue weighted by Crippen LogP contribution is 2.42. The van der Waals surface area contributed by atoms with Gasteiger partial charge in [-0.2, -0.15) is 0 Å². The molecule has 4 aromatic carbocycles. The number of fused-ring (bicyclic) bond motifs is 2. The van der Waals surface area contributed by atoms with Crippen LogP contribution in [-0.2, 0) is 11.3 Å². The molecule has 5 heteroatoms. The maximum atomic E-state index is 13.6. The van der Waals surface area contributed by atoms with Crippen molar-refractivity contribution in [1.29, 1.82) is 0 Å². The zero-order valence-corrected chi connectivity index (χ0v) is 20.3. The topological polar surface area (TPSA) is 49.4 Å². The molecule has 164 valence electrons. The van der Waals surface area contributed by atoms with Crippen molar-refractivity contribution in [2.24, 2.45) is 0 Å². The van der Waals surface area contributed by atoms with E-state index in [0.29, 0.717) is 12.1 Å². The van der Waals surface area contributed by atoms with E-state index < -0.39 is 6.04 Å². The minimum Gasteiger partial charge on any atom is -0.350 e. The van der Waals surface area contributed by atoms with E-state index in [2.05, 4.69) is 52.2 Å². The van der Waals surface area contributed by atoms with E-state index in [1.54, 1.807) is 4.90 Å². The van der Waals surface area contributed by atoms with Gasteiger partial charge in [0.25, 0.3) is 5.91 Å². The number of hydrogen-bond acceptors (Lipinski definition) is 2. The van der Waals surface area contributed by atoms with Crippen LogP contribution in [0.4, 0.5) is 0 Å². The average molecular weight is 546 g/mol. The minimum atomic E-state index is -0.679. The average Bonchev–Trinajstić information content (AvgIpc) is 3.15. The van der Waals surface area contributed by atoms with Crippen LogP contribution >= 0.6 is 22.6 Å². The number of carbonyl (C=O) groups is 2. The second-order valence-corrected chi connectivity index (χ2v) is 9.43. The molecule has 0 radical (unpaired) electrons. The highest BCUT2D eigenvalue weighted by Gasteiger charge is 2.44. The smallest absolute Gasteiger partial charge is 0.255 e. The Morgan fingerprint density at radius 1 is 0.939 bits per heavy atom. The summed E-state index contributed by atoms with van der Waals surface area (Å²) in [7, 11) is 0. The van der Waals surface area contributed by atoms with Crippen LogP contribution in [0.2, 0.25) is 0 Å². The molecular weight excluding hydrogens is 523 g/mol. The summed E-state index contributed by atoms with van der Waals surface area (Å²) in [6.07, 6.45) is 0. The van der Waals surface area contributed by atoms with E-state index in [-0.39, 0.29) is 17.9 Å². The molecular formula is C28H23IN2O2. The van der Waals surface area contributed by atoms with Crippen molar-refractivity contribution in [3.8, 4) is 0 Å². The van der Waals surface area contributed by atoms with Gasteiger partial charge in [-0.15, -0.1) is 0 Å². The fourth-order valence-corrected chi connectivity index (χ4v) is 5.64. The number of nitrogens with one attached hydrogen (secondary N) is 1. The molecule has 33 heavy (non-hydrogen) atoms. The Morgan fingerprint density at radius 3 is 2.45 bits per heavy atom. The summed E-state index contributed by atoms with van der Waals surface area (Å²) in [4.78, 5) is 28.9. The fourth-order valence-electron chi connectivity index (χ4n) is 4.72. The van der Waals surface area contributed by atoms with E-state index in [1.807, 2.05) is 73.7 Å². The maximum Gasteiger partial charge on any atom is 0.255 e. The van der Waals surface area contributed by atoms with Crippen molar-refractivity contribution in [2.75, 3.05) is 0 Å². The second kappa shape index (κ2) is 8.98. The van der Waals surface area contributed by atoms with Crippen molar-refractivity contribution in [3.05, 3.63) is 117 Å². The molecule has 5 rings (SSSR count). The van der Waals surface area contributed by atoms with Gasteiger partial charge < -0.3 is 10.2 Å². The molecule has 0 fully saturated rings. The molecule has 0 saturated heterocycles. The molecule has 1 N–H and O–H groups in total. The van der Waals surface area contributed by atoms with Gasteiger partial charge >= 0.3 is 0 Å². The Hall–Kier alpha value is -3.19. The fraction of sp³-hybridized carbons (Fsp3) is 0.143. The molecule has 2 unspecified atom stereocenters. The van der Waals surface area contributed by atoms with E-state index in [1.165, 1.54) is 0 Å². The maximum absolute atomic E-state index is 13.6. The molecule has 2 atom stereocenters. The van der Waals surface area contributed by atoms with Crippen LogP contribution in [0.1, 0.15) is 46.1 Å². The van der Waals surface area contributed by atoms with Gasteiger partial charge in [-0.1, -0.05) is 78.9 Å². The largest absolute Gasteiger partial charge is 0.350 e. The number of rotatable bonds is 5. The van der Waals surface area contributed by atoms with Crippen LogP contribution in [0.3, 0.4) is 0 Å². The van der Waals surface area contributed by atoms with Crippen molar-refractivity contribution in [2.45, 2.75) is 25.6 Å². The lowest BCUT2D eigenvalue weighted by Gasteiger charge is -2.32. The van der Waals surface area contributed by atoms with Crippen LogP contribution in [0.15, 0.2) is 91.0 Å². The normalized spacial score (nSPS) is 16.0. The Kier molecular flexibility index (Phi) is 5.89. The van der Waals surface area contributed by atoms with Crippen molar-refractivity contribution < 1.29 is 9.59 Å². The zero-order valence-electron chi connectivity index (χ0n) is 18.2. The van der Waals surface area contributed by atoms with E-state index in [0.717, 1.165) is 31.0 Å². The monoisotopic (exact) mass is 546 g/mol. The number of hydrogen-bond donors (Lipinski definition) is 1. The molecule has 0 aliphatic carbocycles. The SMILES string of the molecule is CC(c1c(I)ccc2ccccc12)N1C(=O)c2ccccc2C1C(=O)NCc1ccccc1. The molecule has 0 bridgehead atoms. The van der Waals surface area contributed by atoms with Gasteiger partial charge in [-0.05, 0) is 69.1 Å². The Labute approximate surface area is 206 Å². The van der Waals surface area contributed by atoms with Gasteiger partial charge in [0, 0.05) is 15.7 Å². The van der Waals surface area contributed by atoms with E-state index >= 15 is 0 Å². The molecule has 4 aromatic rings. The van der Waals surface area contributed by atoms with Gasteiger partial charge in [0.05, 0.1) is 6.04 Å². The van der Waals surface area contributed by atoms with Crippen molar-refractivity contribution in [1.82, 2.24) is 10.2 Å². The first-order valence-electron chi connectivity index (χ1n) is 11.0. The number of halogens is 1. The first-order valence-corrected chi connectivity index (χ1v) is 12.0. The zero-order chi connectivity index (χ0) is 22.9. The van der Waals surface area contributed by atoms with Gasteiger partial charge in [-0.25, -0.2) is 0 Å². The second-order valence-electron chi connectivity index (χ2n) is 8.26. The first-order chi connectivity index (χ1) is 16.1. The minimum absolute atomic E-state index is 0.110. The molecule has 0 spiro atoms. The van der Waals surface area contributed by atoms with Gasteiger partial charge in [-0.3, -0.25) is 9.59 Å². The molecule has 0 aromatic heterocycles. The van der Waals surface area contributed by atoms with Crippen LogP contribution in [0, 0.1) is 3.57 Å². The van der Waals surface area contributed by atoms with Crippen LogP contribution < -0.4 is 5.32 Å². The highest BCUT2D eigenvalue weighted by molar-refractivity contribution is 14.1. The lowest BCUT2D eigenvalue weighted by atomic mass is 9.97. The summed E-state index contributed by atoms with van der Waals surface area (Å²) in [5, 5.41) is 5.28. The van der Waals surface area contributed by atoms with Crippen molar-refractivity contribution >= 4 is 45.2 Å². The first kappa shape index (κ1) is 21.6. The van der Waals surface area contributed by atoms with Crippen LogP contribution in [0.5, 0.6) is 0 Å². The van der Waals surface area contributed by atoms with Crippen LogP contribution in [-0.4, -0.2) is 16.7 Å². The lowest BCUT2D eigenvalue weighted by molar-refractivity contribution is -0.126. The predicted octanol–water partition coefficient (Wildman–Crippen LogP) is 6.02. The number of carbonyl (C=O) groups excluding carboxylic acids is 2. The van der Waals surface area contributed by atoms with Gasteiger partial charge in [0.2, 0.25) is 5.91 Å². The summed E-state index contributed by atoms with van der Waals surface area (Å²) in [5.41, 5.74) is 3.44. The number of amides is 2. The van der Waals surface area contributed by atoms with Gasteiger partial charge in [0.15, 0.2) is 0 Å². The highest BCUT2D eigenvalue weighted by atomic mass is 127. The van der Waals surface area contributed by atoms with Crippen LogP contribution in [0.25, 0.3) is 10.8 Å². The third kappa shape index (κ3) is 3.91. The Balaban J connectivity index is 1.55. The van der Waals surface area contributed by atoms with E-state index in [9.17, 15) is 9.59 Å². The summed E-state index contributed by atoms with van der Waals surface area (Å²) in [6.45, 7) is 2.44. The summed E-state index contributed by atoms with van der Waals surface area (Å²) >= 11 is 2.33. The van der Waals surface area contributed by atoms with E-state index in [4.69, 9.17) is 0 Å². The number of nitrogens with zero attached hydrogens (tertiary/aromatic N) is 1. The Morgan fingerprint density at radius 2 is 1.64 bits per heavy atom. The molecule has 1 heterocycles. The summed E-state index contributed by atoms with van der Waals surface area (Å²) in [6, 6.07) is 28.7. The third-order valence-corrected chi connectivity index (χ3v) is 7.25. The quantitative estimate of drug-likeness (QED) is 0.312. The molecule has 2 amide bonds. The standard InChI is InChI=1S/C28H23IN2O2/c1-18(25-21-12-6-5-11-20(21)15-16-24(25)29)31-26(22-13-7-8-14-23(22)28(31)33)27(32)30-17-19-9-3-2-4-10-19/h2-16,18,26H,17H2,1H3,(H,30,32). The molecule has 0 saturated carbocycles. The van der Waals surface area contributed by atoms with Gasteiger partial charge in [0.1, 0.15) is 6.04 Å². The predicted molar refractivity (Wildman–Crippen MR) is 139 cm³/mol. The summed E-state index contributed by atoms with van der Waals surface area (Å²) in [5.74, 6) is -0.277. The Bertz CT molecular complexity index is 1350. The van der Waals surface area contributed by atoms with Crippen molar-refractivity contribution in [3.63, 3.8) is 0 Å². The molecule has 1 aliphatic rings. The molecule has 1 aliphatic heterocycles. The molecule has 4 nitrogen and oxygen atoms in total. The third-order valence-electron chi connectivity index (χ3n) is 6.31.